The van der Waals surface area contributed by atoms with Gasteiger partial charge in [-0.05, 0) is 18.2 Å². The SMILES string of the molecule is COc1ccc2nc(Nc3ncnc(NN(C)C)c3N)sc2c1. The molecule has 0 amide bonds. The van der Waals surface area contributed by atoms with Crippen LogP contribution in [0.5, 0.6) is 5.75 Å². The third kappa shape index (κ3) is 3.25. The summed E-state index contributed by atoms with van der Waals surface area (Å²) >= 11 is 1.50. The van der Waals surface area contributed by atoms with Crippen molar-refractivity contribution in [1.29, 1.82) is 0 Å². The Hall–Kier alpha value is -2.65. The standard InChI is InChI=1S/C14H17N7OS/c1-21(2)20-13-11(15)12(16-7-17-13)19-14-18-9-5-4-8(22-3)6-10(9)23-14/h4-7H,15H2,1-3H3,(H2,16,17,18,19,20). The van der Waals surface area contributed by atoms with Crippen molar-refractivity contribution in [2.75, 3.05) is 37.7 Å². The quantitative estimate of drug-likeness (QED) is 0.612. The number of thiazole rings is 1. The predicted molar refractivity (Wildman–Crippen MR) is 93.2 cm³/mol. The van der Waals surface area contributed by atoms with Crippen LogP contribution >= 0.6 is 11.3 Å². The largest absolute Gasteiger partial charge is 0.497 e. The van der Waals surface area contributed by atoms with Crippen molar-refractivity contribution in [1.82, 2.24) is 20.0 Å². The van der Waals surface area contributed by atoms with Crippen LogP contribution in [0.4, 0.5) is 22.5 Å². The van der Waals surface area contributed by atoms with Crippen molar-refractivity contribution in [3.63, 3.8) is 0 Å². The van der Waals surface area contributed by atoms with Gasteiger partial charge in [-0.25, -0.2) is 20.0 Å². The molecule has 0 saturated carbocycles. The first-order chi connectivity index (χ1) is 11.1. The lowest BCUT2D eigenvalue weighted by molar-refractivity contribution is 0.415. The van der Waals surface area contributed by atoms with Crippen molar-refractivity contribution in [3.8, 4) is 5.75 Å². The average molecular weight is 331 g/mol. The molecule has 1 aromatic carbocycles. The first-order valence-corrected chi connectivity index (χ1v) is 7.64. The molecule has 2 heterocycles. The smallest absolute Gasteiger partial charge is 0.189 e. The van der Waals surface area contributed by atoms with E-state index >= 15 is 0 Å². The fourth-order valence-electron chi connectivity index (χ4n) is 1.98. The number of nitrogens with zero attached hydrogens (tertiary/aromatic N) is 4. The molecule has 9 heteroatoms. The van der Waals surface area contributed by atoms with Crippen LogP contribution in [0.25, 0.3) is 10.2 Å². The number of aromatic nitrogens is 3. The molecule has 8 nitrogen and oxygen atoms in total. The molecule has 0 aliphatic heterocycles. The molecule has 0 aliphatic carbocycles. The monoisotopic (exact) mass is 331 g/mol. The lowest BCUT2D eigenvalue weighted by Crippen LogP contribution is -2.21. The third-order valence-corrected chi connectivity index (χ3v) is 3.97. The van der Waals surface area contributed by atoms with Gasteiger partial charge in [0, 0.05) is 14.1 Å². The summed E-state index contributed by atoms with van der Waals surface area (Å²) in [6.45, 7) is 0. The van der Waals surface area contributed by atoms with Gasteiger partial charge in [0.1, 0.15) is 17.8 Å². The van der Waals surface area contributed by atoms with E-state index in [1.165, 1.54) is 17.7 Å². The summed E-state index contributed by atoms with van der Waals surface area (Å²) in [5.74, 6) is 1.84. The molecule has 0 atom stereocenters. The number of nitrogens with two attached hydrogens (primary N) is 1. The molecule has 120 valence electrons. The second-order valence-electron chi connectivity index (χ2n) is 4.97. The summed E-state index contributed by atoms with van der Waals surface area (Å²) < 4.78 is 6.25. The summed E-state index contributed by atoms with van der Waals surface area (Å²) in [5.41, 5.74) is 10.4. The highest BCUT2D eigenvalue weighted by molar-refractivity contribution is 7.22. The molecule has 0 spiro atoms. The van der Waals surface area contributed by atoms with Crippen LogP contribution in [0, 0.1) is 0 Å². The summed E-state index contributed by atoms with van der Waals surface area (Å²) in [7, 11) is 5.35. The number of hydrogen-bond acceptors (Lipinski definition) is 9. The topological polar surface area (TPSA) is 101 Å². The van der Waals surface area contributed by atoms with Crippen molar-refractivity contribution in [3.05, 3.63) is 24.5 Å². The number of methoxy groups -OCH3 is 1. The number of nitrogen functional groups attached to an aromatic ring is 1. The van der Waals surface area contributed by atoms with Crippen molar-refractivity contribution in [2.24, 2.45) is 0 Å². The van der Waals surface area contributed by atoms with E-state index in [-0.39, 0.29) is 0 Å². The Morgan fingerprint density at radius 3 is 2.74 bits per heavy atom. The normalized spacial score (nSPS) is 11.0. The maximum atomic E-state index is 6.10. The number of fused-ring (bicyclic) bond motifs is 1. The number of nitrogens with one attached hydrogen (secondary N) is 2. The van der Waals surface area contributed by atoms with Crippen LogP contribution < -0.4 is 21.2 Å². The fourth-order valence-corrected chi connectivity index (χ4v) is 2.88. The van der Waals surface area contributed by atoms with Gasteiger partial charge in [0.15, 0.2) is 16.8 Å². The number of hydrazine groups is 1. The Kier molecular flexibility index (Phi) is 4.13. The van der Waals surface area contributed by atoms with Crippen LogP contribution in [-0.2, 0) is 0 Å². The van der Waals surface area contributed by atoms with Gasteiger partial charge in [-0.1, -0.05) is 11.3 Å². The van der Waals surface area contributed by atoms with E-state index in [0.29, 0.717) is 22.5 Å². The zero-order valence-electron chi connectivity index (χ0n) is 13.0. The lowest BCUT2D eigenvalue weighted by atomic mass is 10.3. The maximum Gasteiger partial charge on any atom is 0.189 e. The zero-order chi connectivity index (χ0) is 16.4. The van der Waals surface area contributed by atoms with Crippen LogP contribution in [0.3, 0.4) is 0 Å². The zero-order valence-corrected chi connectivity index (χ0v) is 13.8. The second kappa shape index (κ2) is 6.23. The summed E-state index contributed by atoms with van der Waals surface area (Å²) in [4.78, 5) is 12.8. The van der Waals surface area contributed by atoms with E-state index in [0.717, 1.165) is 16.0 Å². The van der Waals surface area contributed by atoms with E-state index in [9.17, 15) is 0 Å². The molecule has 0 fully saturated rings. The molecule has 23 heavy (non-hydrogen) atoms. The van der Waals surface area contributed by atoms with Crippen molar-refractivity contribution < 1.29 is 4.74 Å². The minimum Gasteiger partial charge on any atom is -0.497 e. The molecule has 3 aromatic rings. The molecule has 2 aromatic heterocycles. The molecule has 4 N–H and O–H groups in total. The number of hydrogen-bond donors (Lipinski definition) is 3. The second-order valence-corrected chi connectivity index (χ2v) is 6.00. The van der Waals surface area contributed by atoms with Gasteiger partial charge in [-0.2, -0.15) is 0 Å². The minimum atomic E-state index is 0.429. The van der Waals surface area contributed by atoms with Gasteiger partial charge in [-0.3, -0.25) is 0 Å². The first-order valence-electron chi connectivity index (χ1n) is 6.83. The van der Waals surface area contributed by atoms with E-state index in [1.807, 2.05) is 32.3 Å². The highest BCUT2D eigenvalue weighted by atomic mass is 32.1. The van der Waals surface area contributed by atoms with Gasteiger partial charge in [-0.15, -0.1) is 0 Å². The van der Waals surface area contributed by atoms with E-state index < -0.39 is 0 Å². The summed E-state index contributed by atoms with van der Waals surface area (Å²) in [5, 5.41) is 5.60. The van der Waals surface area contributed by atoms with E-state index in [4.69, 9.17) is 10.5 Å². The minimum absolute atomic E-state index is 0.429. The van der Waals surface area contributed by atoms with Crippen LogP contribution in [0.1, 0.15) is 0 Å². The van der Waals surface area contributed by atoms with Crippen LogP contribution in [-0.4, -0.2) is 41.2 Å². The highest BCUT2D eigenvalue weighted by Gasteiger charge is 2.11. The van der Waals surface area contributed by atoms with Gasteiger partial charge in [0.2, 0.25) is 0 Å². The Labute approximate surface area is 137 Å². The van der Waals surface area contributed by atoms with Crippen molar-refractivity contribution in [2.45, 2.75) is 0 Å². The van der Waals surface area contributed by atoms with Crippen LogP contribution in [0.2, 0.25) is 0 Å². The molecule has 0 saturated heterocycles. The Balaban J connectivity index is 1.89. The molecule has 0 bridgehead atoms. The molecule has 0 aliphatic rings. The molecule has 0 unspecified atom stereocenters. The molecular formula is C14H17N7OS. The number of anilines is 4. The van der Waals surface area contributed by atoms with Gasteiger partial charge < -0.3 is 21.2 Å². The highest BCUT2D eigenvalue weighted by Crippen LogP contribution is 2.32. The van der Waals surface area contributed by atoms with Gasteiger partial charge >= 0.3 is 0 Å². The number of ether oxygens (including phenoxy) is 1. The van der Waals surface area contributed by atoms with Gasteiger partial charge in [0.25, 0.3) is 0 Å². The number of benzene rings is 1. The summed E-state index contributed by atoms with van der Waals surface area (Å²) in [6.07, 6.45) is 1.45. The Morgan fingerprint density at radius 1 is 1.22 bits per heavy atom. The van der Waals surface area contributed by atoms with Gasteiger partial charge in [0.05, 0.1) is 17.3 Å². The first kappa shape index (κ1) is 15.3. The Morgan fingerprint density at radius 2 is 2.00 bits per heavy atom. The molecule has 3 rings (SSSR count). The van der Waals surface area contributed by atoms with Crippen LogP contribution in [0.15, 0.2) is 24.5 Å². The predicted octanol–water partition coefficient (Wildman–Crippen LogP) is 2.31. The van der Waals surface area contributed by atoms with E-state index in [1.54, 1.807) is 12.1 Å². The lowest BCUT2D eigenvalue weighted by Gasteiger charge is -2.15. The fraction of sp³-hybridized carbons (Fsp3) is 0.214. The average Bonchev–Trinajstić information content (AvgIpc) is 2.92. The third-order valence-electron chi connectivity index (χ3n) is 3.03. The van der Waals surface area contributed by atoms with E-state index in [2.05, 4.69) is 25.7 Å². The molecule has 0 radical (unpaired) electrons. The van der Waals surface area contributed by atoms with Crippen molar-refractivity contribution >= 4 is 44.0 Å². The summed E-state index contributed by atoms with van der Waals surface area (Å²) in [6, 6.07) is 5.74. The molecular weight excluding hydrogens is 314 g/mol. The Bertz CT molecular complexity index is 833. The maximum absolute atomic E-state index is 6.10. The number of rotatable bonds is 5.